The molecular weight excluding hydrogens is 244 g/mol. The van der Waals surface area contributed by atoms with Crippen molar-refractivity contribution in [3.05, 3.63) is 35.7 Å². The van der Waals surface area contributed by atoms with Gasteiger partial charge in [0.05, 0.1) is 0 Å². The monoisotopic (exact) mass is 262 g/mol. The van der Waals surface area contributed by atoms with Crippen molar-refractivity contribution in [3.8, 4) is 0 Å². The van der Waals surface area contributed by atoms with E-state index in [1.807, 2.05) is 24.3 Å². The van der Waals surface area contributed by atoms with Crippen LogP contribution in [0.3, 0.4) is 0 Å². The third-order valence-electron chi connectivity index (χ3n) is 2.52. The van der Waals surface area contributed by atoms with Gasteiger partial charge in [-0.25, -0.2) is 4.98 Å². The summed E-state index contributed by atoms with van der Waals surface area (Å²) in [5.41, 5.74) is 7.60. The molecule has 2 rings (SSSR count). The van der Waals surface area contributed by atoms with E-state index in [-0.39, 0.29) is 5.41 Å². The van der Waals surface area contributed by atoms with E-state index in [1.54, 1.807) is 0 Å². The molecule has 0 bridgehead atoms. The van der Waals surface area contributed by atoms with E-state index in [4.69, 9.17) is 5.73 Å². The van der Waals surface area contributed by atoms with E-state index in [0.29, 0.717) is 0 Å². The van der Waals surface area contributed by atoms with Crippen LogP contribution in [0.15, 0.2) is 24.3 Å². The number of hydrogen-bond donors (Lipinski definition) is 2. The minimum absolute atomic E-state index is 0.00235. The Morgan fingerprint density at radius 2 is 1.89 bits per heavy atom. The molecule has 0 amide bonds. The molecule has 3 N–H and O–H groups in total. The number of nitrogens with zero attached hydrogens (tertiary/aromatic N) is 2. The second-order valence-electron chi connectivity index (χ2n) is 5.27. The summed E-state index contributed by atoms with van der Waals surface area (Å²) in [6.45, 7) is 7.06. The lowest BCUT2D eigenvalue weighted by Gasteiger charge is -2.12. The number of benzene rings is 1. The van der Waals surface area contributed by atoms with Gasteiger partial charge in [-0.2, -0.15) is 4.37 Å². The van der Waals surface area contributed by atoms with Gasteiger partial charge in [0.1, 0.15) is 5.82 Å². The number of nitrogens with one attached hydrogen (secondary N) is 1. The molecule has 96 valence electrons. The highest BCUT2D eigenvalue weighted by atomic mass is 32.1. The van der Waals surface area contributed by atoms with E-state index >= 15 is 0 Å². The molecule has 0 aliphatic carbocycles. The number of rotatable bonds is 3. The van der Waals surface area contributed by atoms with Crippen LogP contribution >= 0.6 is 11.5 Å². The molecule has 1 aromatic carbocycles. The first-order valence-electron chi connectivity index (χ1n) is 5.87. The number of anilines is 2. The third kappa shape index (κ3) is 3.20. The van der Waals surface area contributed by atoms with Gasteiger partial charge in [0, 0.05) is 29.2 Å². The molecule has 0 saturated carbocycles. The average molecular weight is 262 g/mol. The Bertz CT molecular complexity index is 511. The normalized spacial score (nSPS) is 11.5. The predicted molar refractivity (Wildman–Crippen MR) is 76.8 cm³/mol. The highest BCUT2D eigenvalue weighted by Gasteiger charge is 2.19. The minimum Gasteiger partial charge on any atom is -0.399 e. The summed E-state index contributed by atoms with van der Waals surface area (Å²) >= 11 is 1.40. The Morgan fingerprint density at radius 3 is 2.44 bits per heavy atom. The molecule has 4 nitrogen and oxygen atoms in total. The maximum Gasteiger partial charge on any atom is 0.202 e. The Morgan fingerprint density at radius 1 is 1.22 bits per heavy atom. The third-order valence-corrected chi connectivity index (χ3v) is 3.19. The van der Waals surface area contributed by atoms with Crippen molar-refractivity contribution in [2.45, 2.75) is 32.7 Å². The Labute approximate surface area is 111 Å². The van der Waals surface area contributed by atoms with Gasteiger partial charge in [0.15, 0.2) is 0 Å². The van der Waals surface area contributed by atoms with Crippen LogP contribution < -0.4 is 11.1 Å². The largest absolute Gasteiger partial charge is 0.399 e. The van der Waals surface area contributed by atoms with Gasteiger partial charge >= 0.3 is 0 Å². The van der Waals surface area contributed by atoms with Gasteiger partial charge < -0.3 is 11.1 Å². The summed E-state index contributed by atoms with van der Waals surface area (Å²) in [6.07, 6.45) is 0. The lowest BCUT2D eigenvalue weighted by Crippen LogP contribution is -2.13. The standard InChI is InChI=1S/C13H18N4S/c1-13(2,3)11-16-12(18-17-11)15-8-9-4-6-10(14)7-5-9/h4-7H,8,14H2,1-3H3,(H,15,16,17). The predicted octanol–water partition coefficient (Wildman–Crippen LogP) is 3.03. The summed E-state index contributed by atoms with van der Waals surface area (Å²) in [4.78, 5) is 4.49. The quantitative estimate of drug-likeness (QED) is 0.835. The molecule has 0 saturated heterocycles. The summed E-state index contributed by atoms with van der Waals surface area (Å²) in [6, 6.07) is 7.82. The molecule has 0 spiro atoms. The maximum atomic E-state index is 5.64. The van der Waals surface area contributed by atoms with Crippen molar-refractivity contribution in [2.24, 2.45) is 0 Å². The molecule has 18 heavy (non-hydrogen) atoms. The fourth-order valence-electron chi connectivity index (χ4n) is 1.41. The first-order valence-corrected chi connectivity index (χ1v) is 6.65. The van der Waals surface area contributed by atoms with Crippen molar-refractivity contribution in [2.75, 3.05) is 11.1 Å². The van der Waals surface area contributed by atoms with Gasteiger partial charge in [-0.3, -0.25) is 0 Å². The zero-order valence-corrected chi connectivity index (χ0v) is 11.7. The Kier molecular flexibility index (Phi) is 3.52. The highest BCUT2D eigenvalue weighted by Crippen LogP contribution is 2.23. The summed E-state index contributed by atoms with van der Waals surface area (Å²) in [5, 5.41) is 4.14. The van der Waals surface area contributed by atoms with Crippen LogP contribution in [0.1, 0.15) is 32.2 Å². The Hall–Kier alpha value is -1.62. The lowest BCUT2D eigenvalue weighted by atomic mass is 9.96. The number of nitrogens with two attached hydrogens (primary N) is 1. The molecule has 0 atom stereocenters. The minimum atomic E-state index is -0.00235. The molecule has 0 aliphatic heterocycles. The first kappa shape index (κ1) is 12.8. The van der Waals surface area contributed by atoms with E-state index < -0.39 is 0 Å². The van der Waals surface area contributed by atoms with Gasteiger partial charge in [-0.05, 0) is 17.7 Å². The SMILES string of the molecule is CC(C)(C)c1nsc(NCc2ccc(N)cc2)n1. The van der Waals surface area contributed by atoms with Crippen LogP contribution in [-0.2, 0) is 12.0 Å². The van der Waals surface area contributed by atoms with E-state index in [0.717, 1.165) is 23.2 Å². The van der Waals surface area contributed by atoms with Gasteiger partial charge in [0.25, 0.3) is 0 Å². The summed E-state index contributed by atoms with van der Waals surface area (Å²) in [5.74, 6) is 0.882. The van der Waals surface area contributed by atoms with Crippen molar-refractivity contribution in [1.82, 2.24) is 9.36 Å². The van der Waals surface area contributed by atoms with E-state index in [1.165, 1.54) is 17.1 Å². The molecular formula is C13H18N4S. The Balaban J connectivity index is 1.98. The van der Waals surface area contributed by atoms with Crippen molar-refractivity contribution in [3.63, 3.8) is 0 Å². The van der Waals surface area contributed by atoms with Gasteiger partial charge in [-0.1, -0.05) is 32.9 Å². The smallest absolute Gasteiger partial charge is 0.202 e. The maximum absolute atomic E-state index is 5.64. The molecule has 1 heterocycles. The molecule has 2 aromatic rings. The summed E-state index contributed by atoms with van der Waals surface area (Å²) < 4.78 is 4.36. The van der Waals surface area contributed by atoms with Crippen LogP contribution in [0.2, 0.25) is 0 Å². The van der Waals surface area contributed by atoms with Crippen LogP contribution in [0, 0.1) is 0 Å². The molecule has 0 radical (unpaired) electrons. The number of aromatic nitrogens is 2. The highest BCUT2D eigenvalue weighted by molar-refractivity contribution is 7.09. The van der Waals surface area contributed by atoms with Crippen molar-refractivity contribution >= 4 is 22.4 Å². The summed E-state index contributed by atoms with van der Waals surface area (Å²) in [7, 11) is 0. The lowest BCUT2D eigenvalue weighted by molar-refractivity contribution is 0.555. The molecule has 0 unspecified atom stereocenters. The van der Waals surface area contributed by atoms with Gasteiger partial charge in [0.2, 0.25) is 5.13 Å². The zero-order valence-electron chi connectivity index (χ0n) is 10.9. The number of hydrogen-bond acceptors (Lipinski definition) is 5. The second-order valence-corrected chi connectivity index (χ2v) is 6.02. The van der Waals surface area contributed by atoms with Crippen molar-refractivity contribution < 1.29 is 0 Å². The van der Waals surface area contributed by atoms with Crippen molar-refractivity contribution in [1.29, 1.82) is 0 Å². The molecule has 0 aliphatic rings. The molecule has 5 heteroatoms. The van der Waals surface area contributed by atoms with E-state index in [2.05, 4.69) is 35.4 Å². The number of nitrogen functional groups attached to an aromatic ring is 1. The molecule has 1 aromatic heterocycles. The first-order chi connectivity index (χ1) is 8.45. The second kappa shape index (κ2) is 4.94. The van der Waals surface area contributed by atoms with Crippen LogP contribution in [-0.4, -0.2) is 9.36 Å². The van der Waals surface area contributed by atoms with Crippen LogP contribution in [0.25, 0.3) is 0 Å². The zero-order chi connectivity index (χ0) is 13.2. The fourth-order valence-corrected chi connectivity index (χ4v) is 2.16. The molecule has 0 fully saturated rings. The topological polar surface area (TPSA) is 63.8 Å². The fraction of sp³-hybridized carbons (Fsp3) is 0.385. The average Bonchev–Trinajstić information content (AvgIpc) is 2.77. The van der Waals surface area contributed by atoms with Crippen LogP contribution in [0.5, 0.6) is 0 Å². The van der Waals surface area contributed by atoms with Gasteiger partial charge in [-0.15, -0.1) is 0 Å². The van der Waals surface area contributed by atoms with Crippen LogP contribution in [0.4, 0.5) is 10.8 Å². The van der Waals surface area contributed by atoms with E-state index in [9.17, 15) is 0 Å².